The predicted octanol–water partition coefficient (Wildman–Crippen LogP) is 6.38. The van der Waals surface area contributed by atoms with Gasteiger partial charge in [0.25, 0.3) is 0 Å². The molecule has 4 nitrogen and oxygen atoms in total. The van der Waals surface area contributed by atoms with Crippen LogP contribution in [0.5, 0.6) is 0 Å². The molecule has 220 valence electrons. The molecule has 0 saturated heterocycles. The lowest BCUT2D eigenvalue weighted by Gasteiger charge is -2.45. The minimum Gasteiger partial charge on any atom is -0.309 e. The summed E-state index contributed by atoms with van der Waals surface area (Å²) in [5.41, 5.74) is 7.16. The van der Waals surface area contributed by atoms with Crippen LogP contribution >= 0.6 is 0 Å². The van der Waals surface area contributed by atoms with Crippen LogP contribution in [0.1, 0.15) is 25.0 Å². The number of hydrogen-bond donors (Lipinski definition) is 0. The summed E-state index contributed by atoms with van der Waals surface area (Å²) in [6, 6.07) is 51.3. The largest absolute Gasteiger partial charge is 0.309 e. The van der Waals surface area contributed by atoms with E-state index in [1.165, 1.54) is 48.5 Å². The topological polar surface area (TPSA) is 35.6 Å². The highest BCUT2D eigenvalue weighted by Gasteiger charge is 2.52. The van der Waals surface area contributed by atoms with Gasteiger partial charge in [-0.3, -0.25) is 4.98 Å². The molecule has 46 heavy (non-hydrogen) atoms. The molecule has 4 heterocycles. The lowest BCUT2D eigenvalue weighted by atomic mass is 9.77. The Bertz CT molecular complexity index is 2350. The van der Waals surface area contributed by atoms with E-state index in [-0.39, 0.29) is 5.41 Å². The van der Waals surface area contributed by atoms with E-state index in [2.05, 4.69) is 151 Å². The fourth-order valence-corrected chi connectivity index (χ4v) is 13.4. The second-order valence-electron chi connectivity index (χ2n) is 12.7. The summed E-state index contributed by atoms with van der Waals surface area (Å²) in [5.74, 6) is 0. The zero-order valence-electron chi connectivity index (χ0n) is 25.8. The Morgan fingerprint density at radius 1 is 0.565 bits per heavy atom. The first-order valence-electron chi connectivity index (χ1n) is 15.8. The van der Waals surface area contributed by atoms with Crippen molar-refractivity contribution in [2.75, 3.05) is 0 Å². The third-order valence-corrected chi connectivity index (χ3v) is 14.8. The quantitative estimate of drug-likeness (QED) is 0.218. The Balaban J connectivity index is 1.41. The van der Waals surface area contributed by atoms with Crippen LogP contribution in [0.25, 0.3) is 33.2 Å². The fourth-order valence-electron chi connectivity index (χ4n) is 8.00. The van der Waals surface area contributed by atoms with E-state index in [0.29, 0.717) is 0 Å². The molecule has 5 aromatic carbocycles. The van der Waals surface area contributed by atoms with Crippen LogP contribution in [0.4, 0.5) is 0 Å². The first-order chi connectivity index (χ1) is 22.6. The number of nitrogens with zero attached hydrogens (tertiary/aromatic N) is 4. The van der Waals surface area contributed by atoms with Crippen molar-refractivity contribution in [1.82, 2.24) is 19.3 Å². The van der Waals surface area contributed by atoms with Gasteiger partial charge in [0, 0.05) is 45.8 Å². The summed E-state index contributed by atoms with van der Waals surface area (Å²) in [7, 11) is -2.85. The number of hydrogen-bond acceptors (Lipinski definition) is 2. The summed E-state index contributed by atoms with van der Waals surface area (Å²) in [5, 5.41) is 12.3. The van der Waals surface area contributed by atoms with Crippen LogP contribution in [0, 0.1) is 0 Å². The zero-order chi connectivity index (χ0) is 30.9. The fraction of sp³-hybridized carbons (Fsp3) is 0.0732. The average molecular weight is 609 g/mol. The Labute approximate surface area is 269 Å². The van der Waals surface area contributed by atoms with Crippen molar-refractivity contribution < 1.29 is 0 Å². The summed E-state index contributed by atoms with van der Waals surface area (Å²) in [4.78, 5) is 5.19. The highest BCUT2D eigenvalue weighted by atomic mass is 28.3. The number of fused-ring (bicyclic) bond motifs is 5. The Morgan fingerprint density at radius 2 is 1.26 bits per heavy atom. The van der Waals surface area contributed by atoms with Gasteiger partial charge in [-0.15, -0.1) is 0 Å². The SMILES string of the molecule is CC1(C)c2ccccc2[Si](c2ccc3c4ccccc4n(-c4cccc(-n5cccn5)c4)c3c2)(c2ccccn2)c2ccccc21. The molecule has 5 heteroatoms. The van der Waals surface area contributed by atoms with Gasteiger partial charge in [-0.2, -0.15) is 5.10 Å². The molecule has 0 spiro atoms. The van der Waals surface area contributed by atoms with Gasteiger partial charge in [0.1, 0.15) is 0 Å². The first-order valence-corrected chi connectivity index (χ1v) is 17.8. The third kappa shape index (κ3) is 3.66. The molecule has 3 aromatic heterocycles. The summed E-state index contributed by atoms with van der Waals surface area (Å²) in [6.45, 7) is 4.74. The monoisotopic (exact) mass is 608 g/mol. The van der Waals surface area contributed by atoms with Gasteiger partial charge in [-0.25, -0.2) is 4.68 Å². The molecular weight excluding hydrogens is 577 g/mol. The Morgan fingerprint density at radius 3 is 2.00 bits per heavy atom. The molecule has 0 amide bonds. The molecule has 0 fully saturated rings. The van der Waals surface area contributed by atoms with Crippen molar-refractivity contribution in [1.29, 1.82) is 0 Å². The van der Waals surface area contributed by atoms with Crippen molar-refractivity contribution >= 4 is 50.8 Å². The number of pyridine rings is 1. The maximum Gasteiger partial charge on any atom is 0.202 e. The predicted molar refractivity (Wildman–Crippen MR) is 191 cm³/mol. The molecular formula is C41H32N4Si. The second kappa shape index (κ2) is 9.99. The molecule has 9 rings (SSSR count). The van der Waals surface area contributed by atoms with Crippen LogP contribution in [-0.2, 0) is 5.41 Å². The smallest absolute Gasteiger partial charge is 0.202 e. The number of para-hydroxylation sites is 1. The maximum absolute atomic E-state index is 5.19. The van der Waals surface area contributed by atoms with Gasteiger partial charge in [0.05, 0.1) is 16.7 Å². The number of aromatic nitrogens is 4. The van der Waals surface area contributed by atoms with Crippen molar-refractivity contribution in [3.63, 3.8) is 0 Å². The Kier molecular flexibility index (Phi) is 5.83. The molecule has 0 unspecified atom stereocenters. The van der Waals surface area contributed by atoms with Gasteiger partial charge in [0.15, 0.2) is 0 Å². The average Bonchev–Trinajstić information content (AvgIpc) is 3.76. The minimum atomic E-state index is -2.85. The highest BCUT2D eigenvalue weighted by Crippen LogP contribution is 2.37. The normalized spacial score (nSPS) is 14.7. The first kappa shape index (κ1) is 26.8. The molecule has 8 aromatic rings. The van der Waals surface area contributed by atoms with E-state index in [1.54, 1.807) is 0 Å². The van der Waals surface area contributed by atoms with Crippen molar-refractivity contribution in [3.05, 3.63) is 169 Å². The van der Waals surface area contributed by atoms with E-state index in [0.717, 1.165) is 16.7 Å². The minimum absolute atomic E-state index is 0.135. The highest BCUT2D eigenvalue weighted by molar-refractivity contribution is 7.20. The van der Waals surface area contributed by atoms with Gasteiger partial charge in [0.2, 0.25) is 8.07 Å². The standard InChI is InChI=1S/C41H32N4Si/c1-41(2)34-16-4-7-19-38(34)46(40-21-9-10-24-42-40,39-20-8-5-17-35(39)41)31-22-23-33-32-15-3-6-18-36(32)45(37(33)28-31)30-14-11-13-29(27-30)44-26-12-25-43-44/h3-28H,1-2H3. The third-order valence-electron chi connectivity index (χ3n) is 10.0. The van der Waals surface area contributed by atoms with Crippen LogP contribution < -0.4 is 20.9 Å². The molecule has 0 radical (unpaired) electrons. The maximum atomic E-state index is 5.19. The van der Waals surface area contributed by atoms with Crippen molar-refractivity contribution in [3.8, 4) is 11.4 Å². The summed E-state index contributed by atoms with van der Waals surface area (Å²) < 4.78 is 4.34. The van der Waals surface area contributed by atoms with Crippen LogP contribution in [0.15, 0.2) is 158 Å². The van der Waals surface area contributed by atoms with Crippen LogP contribution in [-0.4, -0.2) is 27.4 Å². The molecule has 0 atom stereocenters. The number of rotatable bonds is 4. The molecule has 0 N–H and O–H groups in total. The van der Waals surface area contributed by atoms with E-state index >= 15 is 0 Å². The molecule has 1 aliphatic rings. The van der Waals surface area contributed by atoms with Gasteiger partial charge in [-0.1, -0.05) is 105 Å². The molecule has 1 aliphatic heterocycles. The van der Waals surface area contributed by atoms with Gasteiger partial charge < -0.3 is 4.57 Å². The second-order valence-corrected chi connectivity index (χ2v) is 16.4. The lowest BCUT2D eigenvalue weighted by Crippen LogP contribution is -2.79. The van der Waals surface area contributed by atoms with Gasteiger partial charge >= 0.3 is 0 Å². The van der Waals surface area contributed by atoms with Crippen LogP contribution in [0.2, 0.25) is 0 Å². The summed E-state index contributed by atoms with van der Waals surface area (Å²) in [6.07, 6.45) is 5.78. The van der Waals surface area contributed by atoms with E-state index in [1.807, 2.05) is 35.4 Å². The lowest BCUT2D eigenvalue weighted by molar-refractivity contribution is 0.645. The molecule has 0 saturated carbocycles. The van der Waals surface area contributed by atoms with Crippen LogP contribution in [0.3, 0.4) is 0 Å². The molecule has 0 bridgehead atoms. The molecule has 0 aliphatic carbocycles. The summed E-state index contributed by atoms with van der Waals surface area (Å²) >= 11 is 0. The number of benzene rings is 5. The Hall–Kier alpha value is -5.52. The van der Waals surface area contributed by atoms with E-state index < -0.39 is 8.07 Å². The zero-order valence-corrected chi connectivity index (χ0v) is 26.8. The van der Waals surface area contributed by atoms with Crippen molar-refractivity contribution in [2.24, 2.45) is 0 Å². The van der Waals surface area contributed by atoms with E-state index in [9.17, 15) is 0 Å². The van der Waals surface area contributed by atoms with Crippen molar-refractivity contribution in [2.45, 2.75) is 19.3 Å². The van der Waals surface area contributed by atoms with E-state index in [4.69, 9.17) is 4.98 Å². The van der Waals surface area contributed by atoms with Gasteiger partial charge in [-0.05, 0) is 75.2 Å².